The summed E-state index contributed by atoms with van der Waals surface area (Å²) < 4.78 is 0.106. The Labute approximate surface area is 179 Å². The van der Waals surface area contributed by atoms with Crippen LogP contribution in [0.5, 0.6) is 5.75 Å². The van der Waals surface area contributed by atoms with Crippen molar-refractivity contribution >= 4 is 33.7 Å². The SMILES string of the molecule is O=C(N/N=C/c1cc(Br)c(O)c([N+](=O)[O-])c1)C(O)(c1ccccc1)c1ccccc1. The van der Waals surface area contributed by atoms with E-state index >= 15 is 0 Å². The number of nitrogens with zero attached hydrogens (tertiary/aromatic N) is 2. The maximum absolute atomic E-state index is 12.9. The van der Waals surface area contributed by atoms with Crippen molar-refractivity contribution in [2.45, 2.75) is 5.60 Å². The Kier molecular flexibility index (Phi) is 6.24. The molecule has 0 aromatic heterocycles. The number of benzene rings is 3. The van der Waals surface area contributed by atoms with Gasteiger partial charge in [-0.15, -0.1) is 0 Å². The molecule has 1 amide bonds. The molecule has 0 bridgehead atoms. The zero-order valence-electron chi connectivity index (χ0n) is 15.4. The highest BCUT2D eigenvalue weighted by atomic mass is 79.9. The largest absolute Gasteiger partial charge is 0.501 e. The molecule has 9 heteroatoms. The zero-order valence-corrected chi connectivity index (χ0v) is 17.0. The van der Waals surface area contributed by atoms with Crippen LogP contribution in [0.3, 0.4) is 0 Å². The summed E-state index contributed by atoms with van der Waals surface area (Å²) in [7, 11) is 0. The van der Waals surface area contributed by atoms with Gasteiger partial charge in [-0.3, -0.25) is 14.9 Å². The van der Waals surface area contributed by atoms with E-state index in [0.717, 1.165) is 6.07 Å². The predicted molar refractivity (Wildman–Crippen MR) is 114 cm³/mol. The van der Waals surface area contributed by atoms with E-state index in [2.05, 4.69) is 26.5 Å². The molecule has 0 aliphatic heterocycles. The fraction of sp³-hybridized carbons (Fsp3) is 0.0476. The molecule has 0 saturated heterocycles. The van der Waals surface area contributed by atoms with Gasteiger partial charge in [-0.1, -0.05) is 60.7 Å². The van der Waals surface area contributed by atoms with Gasteiger partial charge in [0.05, 0.1) is 15.6 Å². The Balaban J connectivity index is 1.90. The van der Waals surface area contributed by atoms with Crippen molar-refractivity contribution in [1.29, 1.82) is 0 Å². The highest BCUT2D eigenvalue weighted by Crippen LogP contribution is 2.34. The normalized spacial score (nSPS) is 11.4. The quantitative estimate of drug-likeness (QED) is 0.289. The lowest BCUT2D eigenvalue weighted by molar-refractivity contribution is -0.386. The first kappa shape index (κ1) is 21.2. The van der Waals surface area contributed by atoms with E-state index < -0.39 is 27.9 Å². The van der Waals surface area contributed by atoms with Gasteiger partial charge in [0, 0.05) is 11.6 Å². The molecule has 0 aliphatic rings. The first-order chi connectivity index (χ1) is 14.3. The molecular weight excluding hydrogens is 454 g/mol. The molecule has 152 valence electrons. The monoisotopic (exact) mass is 469 g/mol. The fourth-order valence-corrected chi connectivity index (χ4v) is 3.32. The summed E-state index contributed by atoms with van der Waals surface area (Å²) in [5, 5.41) is 35.9. The van der Waals surface area contributed by atoms with Crippen LogP contribution >= 0.6 is 15.9 Å². The molecule has 0 radical (unpaired) electrons. The van der Waals surface area contributed by atoms with Crippen LogP contribution in [-0.2, 0) is 10.4 Å². The average Bonchev–Trinajstić information content (AvgIpc) is 2.76. The Hall–Kier alpha value is -3.56. The summed E-state index contributed by atoms with van der Waals surface area (Å²) in [4.78, 5) is 23.2. The van der Waals surface area contributed by atoms with Crippen molar-refractivity contribution in [3.8, 4) is 5.75 Å². The van der Waals surface area contributed by atoms with Gasteiger partial charge in [-0.25, -0.2) is 5.43 Å². The number of nitro benzene ring substituents is 1. The number of hydrazone groups is 1. The number of nitro groups is 1. The minimum Gasteiger partial charge on any atom is -0.501 e. The third kappa shape index (κ3) is 4.22. The molecule has 0 unspecified atom stereocenters. The van der Waals surface area contributed by atoms with Gasteiger partial charge < -0.3 is 10.2 Å². The number of phenols is 1. The van der Waals surface area contributed by atoms with E-state index in [1.54, 1.807) is 60.7 Å². The van der Waals surface area contributed by atoms with Gasteiger partial charge in [0.15, 0.2) is 5.60 Å². The van der Waals surface area contributed by atoms with E-state index in [1.165, 1.54) is 12.3 Å². The Bertz CT molecular complexity index is 1060. The standard InChI is InChI=1S/C21H16BrN3O5/c22-17-11-14(12-18(19(17)26)25(29)30)13-23-24-20(27)21(28,15-7-3-1-4-8-15)16-9-5-2-6-10-16/h1-13,26,28H,(H,24,27)/b23-13+. The smallest absolute Gasteiger partial charge is 0.312 e. The van der Waals surface area contributed by atoms with E-state index in [-0.39, 0.29) is 10.0 Å². The van der Waals surface area contributed by atoms with Gasteiger partial charge in [-0.05, 0) is 33.1 Å². The summed E-state index contributed by atoms with van der Waals surface area (Å²) in [5.41, 5.74) is 0.740. The van der Waals surface area contributed by atoms with Crippen LogP contribution in [0.1, 0.15) is 16.7 Å². The number of aliphatic hydroxyl groups is 1. The van der Waals surface area contributed by atoms with Crippen LogP contribution in [-0.4, -0.2) is 27.3 Å². The van der Waals surface area contributed by atoms with E-state index in [1.807, 2.05) is 0 Å². The molecular formula is C21H16BrN3O5. The molecule has 0 atom stereocenters. The van der Waals surface area contributed by atoms with Crippen LogP contribution in [0.15, 0.2) is 82.4 Å². The van der Waals surface area contributed by atoms with Gasteiger partial charge in [0.2, 0.25) is 5.75 Å². The Morgan fingerprint density at radius 1 is 1.07 bits per heavy atom. The number of carbonyl (C=O) groups excluding carboxylic acids is 1. The van der Waals surface area contributed by atoms with Gasteiger partial charge >= 0.3 is 5.69 Å². The maximum Gasteiger partial charge on any atom is 0.312 e. The number of carbonyl (C=O) groups is 1. The first-order valence-electron chi connectivity index (χ1n) is 8.68. The van der Waals surface area contributed by atoms with Crippen molar-refractivity contribution in [1.82, 2.24) is 5.43 Å². The number of hydrogen-bond donors (Lipinski definition) is 3. The van der Waals surface area contributed by atoms with Crippen molar-refractivity contribution in [3.05, 3.63) is 104 Å². The second-order valence-corrected chi connectivity index (χ2v) is 7.12. The van der Waals surface area contributed by atoms with Crippen LogP contribution < -0.4 is 5.43 Å². The number of phenolic OH excluding ortho intramolecular Hbond substituents is 1. The second-order valence-electron chi connectivity index (χ2n) is 6.27. The third-order valence-corrected chi connectivity index (χ3v) is 4.96. The lowest BCUT2D eigenvalue weighted by Crippen LogP contribution is -2.43. The van der Waals surface area contributed by atoms with E-state index in [9.17, 15) is 25.1 Å². The average molecular weight is 470 g/mol. The fourth-order valence-electron chi connectivity index (χ4n) is 2.85. The summed E-state index contributed by atoms with van der Waals surface area (Å²) in [5.74, 6) is -1.31. The van der Waals surface area contributed by atoms with Crippen molar-refractivity contribution in [3.63, 3.8) is 0 Å². The molecule has 0 saturated carbocycles. The van der Waals surface area contributed by atoms with Crippen LogP contribution in [0.4, 0.5) is 5.69 Å². The minimum atomic E-state index is -2.00. The number of halogens is 1. The lowest BCUT2D eigenvalue weighted by Gasteiger charge is -2.27. The predicted octanol–water partition coefficient (Wildman–Crippen LogP) is 3.45. The Morgan fingerprint density at radius 2 is 1.60 bits per heavy atom. The van der Waals surface area contributed by atoms with E-state index in [0.29, 0.717) is 11.1 Å². The second kappa shape index (κ2) is 8.85. The molecule has 0 spiro atoms. The maximum atomic E-state index is 12.9. The molecule has 30 heavy (non-hydrogen) atoms. The molecule has 3 rings (SSSR count). The van der Waals surface area contributed by atoms with Crippen molar-refractivity contribution in [2.24, 2.45) is 5.10 Å². The van der Waals surface area contributed by atoms with Crippen molar-refractivity contribution < 1.29 is 19.9 Å². The first-order valence-corrected chi connectivity index (χ1v) is 9.47. The molecule has 0 heterocycles. The highest BCUT2D eigenvalue weighted by molar-refractivity contribution is 9.10. The number of hydrogen-bond acceptors (Lipinski definition) is 6. The molecule has 0 fully saturated rings. The molecule has 3 N–H and O–H groups in total. The van der Waals surface area contributed by atoms with Crippen molar-refractivity contribution in [2.75, 3.05) is 0 Å². The van der Waals surface area contributed by atoms with E-state index in [4.69, 9.17) is 0 Å². The third-order valence-electron chi connectivity index (χ3n) is 4.35. The summed E-state index contributed by atoms with van der Waals surface area (Å²) in [6.45, 7) is 0. The van der Waals surface area contributed by atoms with Crippen LogP contribution in [0.25, 0.3) is 0 Å². The molecule has 3 aromatic rings. The number of aromatic hydroxyl groups is 1. The molecule has 0 aliphatic carbocycles. The number of nitrogens with one attached hydrogen (secondary N) is 1. The van der Waals surface area contributed by atoms with Crippen LogP contribution in [0, 0.1) is 10.1 Å². The summed E-state index contributed by atoms with van der Waals surface area (Å²) in [6, 6.07) is 19.3. The summed E-state index contributed by atoms with van der Waals surface area (Å²) in [6.07, 6.45) is 1.17. The van der Waals surface area contributed by atoms with Crippen LogP contribution in [0.2, 0.25) is 0 Å². The number of rotatable bonds is 6. The Morgan fingerprint density at radius 3 is 2.10 bits per heavy atom. The van der Waals surface area contributed by atoms with Gasteiger partial charge in [0.1, 0.15) is 0 Å². The minimum absolute atomic E-state index is 0.106. The molecule has 8 nitrogen and oxygen atoms in total. The summed E-state index contributed by atoms with van der Waals surface area (Å²) >= 11 is 3.04. The van der Waals surface area contributed by atoms with Gasteiger partial charge in [-0.2, -0.15) is 5.10 Å². The van der Waals surface area contributed by atoms with Gasteiger partial charge in [0.25, 0.3) is 5.91 Å². The number of amides is 1. The lowest BCUT2D eigenvalue weighted by atomic mass is 9.85. The zero-order chi connectivity index (χ0) is 21.7. The highest BCUT2D eigenvalue weighted by Gasteiger charge is 2.39. The molecule has 3 aromatic carbocycles. The topological polar surface area (TPSA) is 125 Å².